The molecular formula is C12H16N4O3. The number of hydrogen-bond acceptors (Lipinski definition) is 5. The zero-order valence-electron chi connectivity index (χ0n) is 10.7. The van der Waals surface area contributed by atoms with Crippen molar-refractivity contribution in [3.05, 3.63) is 33.9 Å². The minimum Gasteiger partial charge on any atom is -0.393 e. The van der Waals surface area contributed by atoms with Crippen LogP contribution in [0, 0.1) is 10.1 Å². The maximum absolute atomic E-state index is 12.3. The van der Waals surface area contributed by atoms with E-state index in [9.17, 15) is 14.9 Å². The van der Waals surface area contributed by atoms with Crippen LogP contribution in [0.15, 0.2) is 18.2 Å². The van der Waals surface area contributed by atoms with Crippen LogP contribution in [0.4, 0.5) is 11.4 Å². The van der Waals surface area contributed by atoms with Gasteiger partial charge in [0.2, 0.25) is 0 Å². The zero-order valence-corrected chi connectivity index (χ0v) is 10.7. The summed E-state index contributed by atoms with van der Waals surface area (Å²) < 4.78 is 0. The summed E-state index contributed by atoms with van der Waals surface area (Å²) in [5.41, 5.74) is 5.37. The molecular weight excluding hydrogens is 248 g/mol. The molecule has 7 nitrogen and oxygen atoms in total. The van der Waals surface area contributed by atoms with Crippen LogP contribution in [0.1, 0.15) is 10.4 Å². The predicted molar refractivity (Wildman–Crippen MR) is 70.9 cm³/mol. The minimum absolute atomic E-state index is 0.0185. The number of anilines is 1. The Bertz CT molecular complexity index is 510. The molecule has 102 valence electrons. The van der Waals surface area contributed by atoms with E-state index >= 15 is 0 Å². The molecule has 0 bridgehead atoms. The zero-order chi connectivity index (χ0) is 14.0. The van der Waals surface area contributed by atoms with Gasteiger partial charge in [-0.25, -0.2) is 0 Å². The summed E-state index contributed by atoms with van der Waals surface area (Å²) in [6, 6.07) is 4.44. The second kappa shape index (κ2) is 5.23. The standard InChI is InChI=1S/C12H16N4O3/c1-14-5-7-15(8-6-14)12(17)9-3-2-4-10(13)11(9)16(18)19/h2-4H,5-8,13H2,1H3. The third kappa shape index (κ3) is 2.65. The van der Waals surface area contributed by atoms with Crippen molar-refractivity contribution in [1.29, 1.82) is 0 Å². The third-order valence-electron chi connectivity index (χ3n) is 3.27. The molecule has 1 saturated heterocycles. The highest BCUT2D eigenvalue weighted by molar-refractivity contribution is 6.00. The summed E-state index contributed by atoms with van der Waals surface area (Å²) >= 11 is 0. The second-order valence-corrected chi connectivity index (χ2v) is 4.60. The predicted octanol–water partition coefficient (Wildman–Crippen LogP) is 0.565. The third-order valence-corrected chi connectivity index (χ3v) is 3.27. The average Bonchev–Trinajstić information content (AvgIpc) is 2.38. The first-order chi connectivity index (χ1) is 9.00. The molecule has 2 N–H and O–H groups in total. The van der Waals surface area contributed by atoms with Crippen LogP contribution in [-0.4, -0.2) is 53.9 Å². The van der Waals surface area contributed by atoms with Crippen LogP contribution in [-0.2, 0) is 0 Å². The number of amides is 1. The molecule has 0 unspecified atom stereocenters. The van der Waals surface area contributed by atoms with Gasteiger partial charge in [0.25, 0.3) is 5.91 Å². The second-order valence-electron chi connectivity index (χ2n) is 4.60. The van der Waals surface area contributed by atoms with Gasteiger partial charge in [-0.1, -0.05) is 6.07 Å². The maximum Gasteiger partial charge on any atom is 0.304 e. The van der Waals surface area contributed by atoms with Crippen LogP contribution >= 0.6 is 0 Å². The van der Waals surface area contributed by atoms with Crippen molar-refractivity contribution in [1.82, 2.24) is 9.80 Å². The lowest BCUT2D eigenvalue weighted by Gasteiger charge is -2.32. The smallest absolute Gasteiger partial charge is 0.304 e. The van der Waals surface area contributed by atoms with Crippen LogP contribution in [0.3, 0.4) is 0 Å². The van der Waals surface area contributed by atoms with Gasteiger partial charge in [0.05, 0.1) is 4.92 Å². The number of nitrogen functional groups attached to an aromatic ring is 1. The summed E-state index contributed by atoms with van der Waals surface area (Å²) in [5.74, 6) is -0.327. The van der Waals surface area contributed by atoms with E-state index in [1.165, 1.54) is 12.1 Å². The minimum atomic E-state index is -0.599. The number of carbonyl (C=O) groups is 1. The number of para-hydroxylation sites is 1. The topological polar surface area (TPSA) is 92.7 Å². The van der Waals surface area contributed by atoms with E-state index < -0.39 is 4.92 Å². The van der Waals surface area contributed by atoms with Gasteiger partial charge in [-0.2, -0.15) is 0 Å². The van der Waals surface area contributed by atoms with Crippen molar-refractivity contribution in [3.8, 4) is 0 Å². The fourth-order valence-electron chi connectivity index (χ4n) is 2.12. The molecule has 2 rings (SSSR count). The largest absolute Gasteiger partial charge is 0.393 e. The van der Waals surface area contributed by atoms with Crippen LogP contribution in [0.2, 0.25) is 0 Å². The molecule has 0 aromatic heterocycles. The number of hydrogen-bond donors (Lipinski definition) is 1. The van der Waals surface area contributed by atoms with E-state index in [1.54, 1.807) is 11.0 Å². The Kier molecular flexibility index (Phi) is 3.66. The molecule has 0 spiro atoms. The molecule has 1 fully saturated rings. The van der Waals surface area contributed by atoms with Gasteiger partial charge in [-0.05, 0) is 19.2 Å². The van der Waals surface area contributed by atoms with Crippen molar-refractivity contribution >= 4 is 17.3 Å². The summed E-state index contributed by atoms with van der Waals surface area (Å²) in [6.45, 7) is 2.67. The summed E-state index contributed by atoms with van der Waals surface area (Å²) in [6.07, 6.45) is 0. The van der Waals surface area contributed by atoms with Crippen LogP contribution in [0.25, 0.3) is 0 Å². The van der Waals surface area contributed by atoms with E-state index in [1.807, 2.05) is 7.05 Å². The molecule has 1 aliphatic rings. The Morgan fingerprint density at radius 3 is 2.53 bits per heavy atom. The Morgan fingerprint density at radius 2 is 1.95 bits per heavy atom. The maximum atomic E-state index is 12.3. The number of nitrogens with zero attached hydrogens (tertiary/aromatic N) is 3. The molecule has 1 aliphatic heterocycles. The highest BCUT2D eigenvalue weighted by atomic mass is 16.6. The molecule has 0 saturated carbocycles. The molecule has 0 aliphatic carbocycles. The lowest BCUT2D eigenvalue weighted by molar-refractivity contribution is -0.384. The first-order valence-corrected chi connectivity index (χ1v) is 6.01. The van der Waals surface area contributed by atoms with E-state index in [-0.39, 0.29) is 22.8 Å². The average molecular weight is 264 g/mol. The highest BCUT2D eigenvalue weighted by Crippen LogP contribution is 2.27. The molecule has 1 heterocycles. The normalized spacial score (nSPS) is 16.4. The Labute approximate surface area is 110 Å². The molecule has 19 heavy (non-hydrogen) atoms. The fourth-order valence-corrected chi connectivity index (χ4v) is 2.12. The van der Waals surface area contributed by atoms with E-state index in [4.69, 9.17) is 5.73 Å². The van der Waals surface area contributed by atoms with Gasteiger partial charge >= 0.3 is 5.69 Å². The van der Waals surface area contributed by atoms with Crippen molar-refractivity contribution in [2.24, 2.45) is 0 Å². The van der Waals surface area contributed by atoms with Gasteiger partial charge in [0.15, 0.2) is 0 Å². The Morgan fingerprint density at radius 1 is 1.32 bits per heavy atom. The van der Waals surface area contributed by atoms with E-state index in [0.29, 0.717) is 13.1 Å². The summed E-state index contributed by atoms with van der Waals surface area (Å²) in [7, 11) is 1.98. The van der Waals surface area contributed by atoms with E-state index in [2.05, 4.69) is 4.90 Å². The van der Waals surface area contributed by atoms with Crippen molar-refractivity contribution in [2.45, 2.75) is 0 Å². The lowest BCUT2D eigenvalue weighted by Crippen LogP contribution is -2.47. The number of likely N-dealkylation sites (N-methyl/N-ethyl adjacent to an activating group) is 1. The fraction of sp³-hybridized carbons (Fsp3) is 0.417. The number of carbonyl (C=O) groups excluding carboxylic acids is 1. The number of benzene rings is 1. The molecule has 0 radical (unpaired) electrons. The van der Waals surface area contributed by atoms with Crippen molar-refractivity contribution in [2.75, 3.05) is 39.0 Å². The van der Waals surface area contributed by atoms with Crippen LogP contribution < -0.4 is 5.73 Å². The van der Waals surface area contributed by atoms with Crippen LogP contribution in [0.5, 0.6) is 0 Å². The number of nitrogens with two attached hydrogens (primary N) is 1. The lowest BCUT2D eigenvalue weighted by atomic mass is 10.1. The number of nitro groups is 1. The number of rotatable bonds is 2. The monoisotopic (exact) mass is 264 g/mol. The van der Waals surface area contributed by atoms with Gasteiger partial charge < -0.3 is 15.5 Å². The molecule has 1 amide bonds. The SMILES string of the molecule is CN1CCN(C(=O)c2cccc(N)c2[N+](=O)[O-])CC1. The molecule has 0 atom stereocenters. The quantitative estimate of drug-likeness (QED) is 0.479. The number of nitro benzene ring substituents is 1. The van der Waals surface area contributed by atoms with Gasteiger partial charge in [-0.3, -0.25) is 14.9 Å². The summed E-state index contributed by atoms with van der Waals surface area (Å²) in [5, 5.41) is 11.0. The first kappa shape index (κ1) is 13.3. The van der Waals surface area contributed by atoms with Crippen molar-refractivity contribution in [3.63, 3.8) is 0 Å². The summed E-state index contributed by atoms with van der Waals surface area (Å²) in [4.78, 5) is 26.5. The molecule has 1 aromatic rings. The highest BCUT2D eigenvalue weighted by Gasteiger charge is 2.28. The van der Waals surface area contributed by atoms with Gasteiger partial charge in [-0.15, -0.1) is 0 Å². The Balaban J connectivity index is 2.29. The van der Waals surface area contributed by atoms with Gasteiger partial charge in [0, 0.05) is 26.2 Å². The molecule has 7 heteroatoms. The van der Waals surface area contributed by atoms with Gasteiger partial charge in [0.1, 0.15) is 11.3 Å². The van der Waals surface area contributed by atoms with Crippen molar-refractivity contribution < 1.29 is 9.72 Å². The molecule has 1 aromatic carbocycles. The first-order valence-electron chi connectivity index (χ1n) is 6.01. The Hall–Kier alpha value is -2.15. The van der Waals surface area contributed by atoms with E-state index in [0.717, 1.165) is 13.1 Å². The number of piperazine rings is 1.